The van der Waals surface area contributed by atoms with Gasteiger partial charge in [-0.25, -0.2) is 9.37 Å². The molecule has 0 amide bonds. The molecular weight excluding hydrogens is 471 g/mol. The number of anilines is 1. The predicted octanol–water partition coefficient (Wildman–Crippen LogP) is 7.38. The molecule has 0 atom stereocenters. The van der Waals surface area contributed by atoms with Crippen molar-refractivity contribution in [1.82, 2.24) is 14.9 Å². The third-order valence-electron chi connectivity index (χ3n) is 7.73. The van der Waals surface area contributed by atoms with E-state index in [9.17, 15) is 4.39 Å². The minimum Gasteiger partial charge on any atom is -0.366 e. The van der Waals surface area contributed by atoms with Crippen molar-refractivity contribution in [2.75, 3.05) is 25.0 Å². The van der Waals surface area contributed by atoms with E-state index in [4.69, 9.17) is 16.6 Å². The van der Waals surface area contributed by atoms with Gasteiger partial charge in [-0.2, -0.15) is 0 Å². The average molecular weight is 507 g/mol. The van der Waals surface area contributed by atoms with Gasteiger partial charge in [0.15, 0.2) is 0 Å². The predicted molar refractivity (Wildman–Crippen MR) is 146 cm³/mol. The molecule has 36 heavy (non-hydrogen) atoms. The average Bonchev–Trinajstić information content (AvgIpc) is 2.90. The second kappa shape index (κ2) is 12.2. The van der Waals surface area contributed by atoms with Crippen molar-refractivity contribution >= 4 is 17.4 Å². The lowest BCUT2D eigenvalue weighted by Gasteiger charge is -2.34. The van der Waals surface area contributed by atoms with E-state index in [1.807, 2.05) is 24.3 Å². The summed E-state index contributed by atoms with van der Waals surface area (Å²) in [6.07, 6.45) is 12.2. The van der Waals surface area contributed by atoms with Crippen molar-refractivity contribution in [1.29, 1.82) is 0 Å². The van der Waals surface area contributed by atoms with Crippen molar-refractivity contribution in [3.05, 3.63) is 76.8 Å². The van der Waals surface area contributed by atoms with E-state index >= 15 is 0 Å². The molecular formula is C30H36ClFN4. The van der Waals surface area contributed by atoms with Gasteiger partial charge in [-0.3, -0.25) is 4.98 Å². The number of hydrogen-bond donors (Lipinski definition) is 1. The number of pyridine rings is 2. The molecule has 1 aliphatic carbocycles. The Bertz CT molecular complexity index is 1140. The Balaban J connectivity index is 1.19. The highest BCUT2D eigenvalue weighted by Gasteiger charge is 2.24. The molecule has 2 aromatic heterocycles. The molecule has 6 heteroatoms. The Morgan fingerprint density at radius 3 is 2.53 bits per heavy atom. The maximum absolute atomic E-state index is 13.5. The van der Waals surface area contributed by atoms with Crippen LogP contribution < -0.4 is 5.32 Å². The second-order valence-electron chi connectivity index (χ2n) is 10.5. The number of piperidine rings is 1. The maximum Gasteiger partial charge on any atom is 0.126 e. The molecule has 1 saturated heterocycles. The van der Waals surface area contributed by atoms with Gasteiger partial charge < -0.3 is 10.2 Å². The zero-order valence-electron chi connectivity index (χ0n) is 20.9. The van der Waals surface area contributed by atoms with Gasteiger partial charge in [-0.1, -0.05) is 36.2 Å². The highest BCUT2D eigenvalue weighted by molar-refractivity contribution is 6.33. The molecule has 0 spiro atoms. The van der Waals surface area contributed by atoms with Crippen LogP contribution in [-0.4, -0.2) is 34.5 Å². The van der Waals surface area contributed by atoms with Gasteiger partial charge in [0.1, 0.15) is 11.6 Å². The molecule has 1 saturated carbocycles. The fourth-order valence-corrected chi connectivity index (χ4v) is 5.93. The number of benzene rings is 1. The largest absolute Gasteiger partial charge is 0.366 e. The quantitative estimate of drug-likeness (QED) is 0.346. The van der Waals surface area contributed by atoms with Crippen LogP contribution in [0.2, 0.25) is 5.02 Å². The summed E-state index contributed by atoms with van der Waals surface area (Å²) in [6.45, 7) is 4.40. The topological polar surface area (TPSA) is 41.0 Å². The number of nitrogens with zero attached hydrogens (tertiary/aromatic N) is 3. The molecule has 0 bridgehead atoms. The van der Waals surface area contributed by atoms with Crippen molar-refractivity contribution < 1.29 is 4.39 Å². The van der Waals surface area contributed by atoms with Crippen molar-refractivity contribution in [3.8, 4) is 11.3 Å². The first kappa shape index (κ1) is 25.2. The van der Waals surface area contributed by atoms with Crippen LogP contribution in [0, 0.1) is 17.7 Å². The number of halogens is 2. The van der Waals surface area contributed by atoms with E-state index in [0.717, 1.165) is 40.7 Å². The monoisotopic (exact) mass is 506 g/mol. The van der Waals surface area contributed by atoms with Crippen LogP contribution in [0.25, 0.3) is 11.3 Å². The molecule has 1 N–H and O–H groups in total. The highest BCUT2D eigenvalue weighted by atomic mass is 35.5. The Labute approximate surface area is 219 Å². The zero-order chi connectivity index (χ0) is 24.7. The summed E-state index contributed by atoms with van der Waals surface area (Å²) in [5.74, 6) is 2.05. The van der Waals surface area contributed by atoms with Gasteiger partial charge in [-0.05, 0) is 106 Å². The Morgan fingerprint density at radius 1 is 0.944 bits per heavy atom. The fourth-order valence-electron chi connectivity index (χ4n) is 5.73. The first-order valence-corrected chi connectivity index (χ1v) is 13.8. The summed E-state index contributed by atoms with van der Waals surface area (Å²) in [6, 6.07) is 14.6. The summed E-state index contributed by atoms with van der Waals surface area (Å²) in [4.78, 5) is 12.1. The van der Waals surface area contributed by atoms with E-state index in [0.29, 0.717) is 17.5 Å². The lowest BCUT2D eigenvalue weighted by atomic mass is 9.79. The van der Waals surface area contributed by atoms with Crippen LogP contribution in [0.3, 0.4) is 0 Å². The second-order valence-corrected chi connectivity index (χ2v) is 10.9. The Kier molecular flexibility index (Phi) is 8.50. The molecule has 0 radical (unpaired) electrons. The van der Waals surface area contributed by atoms with E-state index in [2.05, 4.69) is 21.3 Å². The van der Waals surface area contributed by atoms with Crippen molar-refractivity contribution in [3.63, 3.8) is 0 Å². The van der Waals surface area contributed by atoms with Crippen LogP contribution in [-0.2, 0) is 13.0 Å². The lowest BCUT2D eigenvalue weighted by molar-refractivity contribution is 0.159. The van der Waals surface area contributed by atoms with Gasteiger partial charge in [0, 0.05) is 30.5 Å². The molecule has 3 aromatic rings. The minimum atomic E-state index is -0.234. The normalized spacial score (nSPS) is 20.8. The van der Waals surface area contributed by atoms with Crippen LogP contribution >= 0.6 is 11.6 Å². The van der Waals surface area contributed by atoms with Crippen molar-refractivity contribution in [2.24, 2.45) is 11.8 Å². The highest BCUT2D eigenvalue weighted by Crippen LogP contribution is 2.33. The molecule has 0 unspecified atom stereocenters. The van der Waals surface area contributed by atoms with Crippen LogP contribution in [0.4, 0.5) is 10.2 Å². The molecule has 2 aliphatic rings. The number of aromatic nitrogens is 2. The summed E-state index contributed by atoms with van der Waals surface area (Å²) in [5, 5.41) is 3.90. The molecule has 4 nitrogen and oxygen atoms in total. The van der Waals surface area contributed by atoms with Crippen LogP contribution in [0.5, 0.6) is 0 Å². The van der Waals surface area contributed by atoms with E-state index in [-0.39, 0.29) is 5.82 Å². The van der Waals surface area contributed by atoms with E-state index < -0.39 is 0 Å². The lowest BCUT2D eigenvalue weighted by Crippen LogP contribution is -2.35. The van der Waals surface area contributed by atoms with Crippen LogP contribution in [0.1, 0.15) is 56.2 Å². The first-order valence-electron chi connectivity index (χ1n) is 13.4. The Hall–Kier alpha value is -2.50. The van der Waals surface area contributed by atoms with Gasteiger partial charge >= 0.3 is 0 Å². The van der Waals surface area contributed by atoms with E-state index in [1.54, 1.807) is 12.3 Å². The van der Waals surface area contributed by atoms with Crippen molar-refractivity contribution in [2.45, 2.75) is 57.9 Å². The third kappa shape index (κ3) is 6.83. The molecule has 1 aromatic carbocycles. The Morgan fingerprint density at radius 2 is 1.72 bits per heavy atom. The SMILES string of the molecule is Fc1cccc(CNc2cccc(-c3cc(CC4CCC(CN5CCCCC5)CC4)ncc3Cl)n2)c1. The number of nitrogens with one attached hydrogen (secondary N) is 1. The number of likely N-dealkylation sites (tertiary alicyclic amines) is 1. The fraction of sp³-hybridized carbons (Fsp3) is 0.467. The van der Waals surface area contributed by atoms with Gasteiger partial charge in [0.25, 0.3) is 0 Å². The zero-order valence-corrected chi connectivity index (χ0v) is 21.7. The summed E-state index contributed by atoms with van der Waals surface area (Å²) in [7, 11) is 0. The third-order valence-corrected chi connectivity index (χ3v) is 8.03. The maximum atomic E-state index is 13.5. The summed E-state index contributed by atoms with van der Waals surface area (Å²) >= 11 is 6.56. The molecule has 5 rings (SSSR count). The molecule has 3 heterocycles. The number of rotatable bonds is 8. The smallest absolute Gasteiger partial charge is 0.126 e. The first-order chi connectivity index (χ1) is 17.6. The molecule has 190 valence electrons. The standard InChI is InChI=1S/C30H36ClFN4/c31-28-20-33-26(17-22-10-12-23(13-11-22)21-36-14-2-1-3-15-36)18-27(28)29-8-5-9-30(35-29)34-19-24-6-4-7-25(32)16-24/h4-9,16,18,20,22-23H,1-3,10-15,17,19,21H2,(H,34,35). The summed E-state index contributed by atoms with van der Waals surface area (Å²) in [5.41, 5.74) is 3.69. The summed E-state index contributed by atoms with van der Waals surface area (Å²) < 4.78 is 13.5. The van der Waals surface area contributed by atoms with Gasteiger partial charge in [0.05, 0.1) is 10.7 Å². The molecule has 1 aliphatic heterocycles. The van der Waals surface area contributed by atoms with Crippen LogP contribution in [0.15, 0.2) is 54.7 Å². The van der Waals surface area contributed by atoms with Gasteiger partial charge in [-0.15, -0.1) is 0 Å². The van der Waals surface area contributed by atoms with E-state index in [1.165, 1.54) is 76.7 Å². The number of hydrogen-bond acceptors (Lipinski definition) is 4. The minimum absolute atomic E-state index is 0.234. The van der Waals surface area contributed by atoms with Gasteiger partial charge in [0.2, 0.25) is 0 Å². The molecule has 2 fully saturated rings.